The molecule has 0 atom stereocenters. The van der Waals surface area contributed by atoms with E-state index in [2.05, 4.69) is 15.3 Å². The van der Waals surface area contributed by atoms with E-state index in [1.165, 1.54) is 0 Å². The Bertz CT molecular complexity index is 578. The molecule has 104 valence electrons. The third kappa shape index (κ3) is 3.84. The van der Waals surface area contributed by atoms with E-state index in [0.29, 0.717) is 17.9 Å². The van der Waals surface area contributed by atoms with Gasteiger partial charge in [0.05, 0.1) is 18.6 Å². The lowest BCUT2D eigenvalue weighted by Gasteiger charge is -2.06. The number of rotatable bonds is 6. The van der Waals surface area contributed by atoms with Crippen molar-refractivity contribution >= 4 is 11.8 Å². The highest BCUT2D eigenvalue weighted by molar-refractivity contribution is 5.94. The number of hydrogen-bond donors (Lipinski definition) is 3. The number of aromatic nitrogens is 2. The van der Waals surface area contributed by atoms with Gasteiger partial charge in [-0.1, -0.05) is 0 Å². The fourth-order valence-electron chi connectivity index (χ4n) is 1.52. The van der Waals surface area contributed by atoms with Gasteiger partial charge in [0.2, 0.25) is 0 Å². The zero-order chi connectivity index (χ0) is 14.4. The SMILES string of the molecule is NC(=O)COc1ccc(C(=O)NCc2cnc[nH]2)cc1. The highest BCUT2D eigenvalue weighted by Gasteiger charge is 2.06. The second-order valence-electron chi connectivity index (χ2n) is 4.04. The molecule has 1 aromatic heterocycles. The Kier molecular flexibility index (Phi) is 4.33. The van der Waals surface area contributed by atoms with Crippen LogP contribution in [-0.4, -0.2) is 28.4 Å². The van der Waals surface area contributed by atoms with Crippen molar-refractivity contribution in [3.05, 3.63) is 48.0 Å². The largest absolute Gasteiger partial charge is 0.484 e. The molecule has 20 heavy (non-hydrogen) atoms. The molecule has 0 bridgehead atoms. The molecule has 0 aliphatic heterocycles. The summed E-state index contributed by atoms with van der Waals surface area (Å²) in [5.41, 5.74) is 6.28. The first-order valence-electron chi connectivity index (χ1n) is 5.92. The van der Waals surface area contributed by atoms with Gasteiger partial charge in [0.1, 0.15) is 5.75 Å². The maximum atomic E-state index is 11.9. The first-order valence-corrected chi connectivity index (χ1v) is 5.92. The van der Waals surface area contributed by atoms with E-state index >= 15 is 0 Å². The first kappa shape index (κ1) is 13.6. The summed E-state index contributed by atoms with van der Waals surface area (Å²) in [4.78, 5) is 29.2. The molecule has 7 heteroatoms. The lowest BCUT2D eigenvalue weighted by Crippen LogP contribution is -2.23. The van der Waals surface area contributed by atoms with Gasteiger partial charge >= 0.3 is 0 Å². The summed E-state index contributed by atoms with van der Waals surface area (Å²) in [6, 6.07) is 6.43. The number of nitrogens with zero attached hydrogens (tertiary/aromatic N) is 1. The van der Waals surface area contributed by atoms with E-state index in [1.807, 2.05) is 0 Å². The second kappa shape index (κ2) is 6.37. The number of carbonyl (C=O) groups excluding carboxylic acids is 2. The fourth-order valence-corrected chi connectivity index (χ4v) is 1.52. The minimum atomic E-state index is -0.550. The number of aromatic amines is 1. The molecule has 0 unspecified atom stereocenters. The molecular weight excluding hydrogens is 260 g/mol. The number of benzene rings is 1. The minimum absolute atomic E-state index is 0.189. The molecule has 1 heterocycles. The average Bonchev–Trinajstić information content (AvgIpc) is 2.96. The Hall–Kier alpha value is -2.83. The van der Waals surface area contributed by atoms with Crippen molar-refractivity contribution in [1.29, 1.82) is 0 Å². The lowest BCUT2D eigenvalue weighted by atomic mass is 10.2. The van der Waals surface area contributed by atoms with Gasteiger partial charge in [-0.3, -0.25) is 9.59 Å². The predicted molar refractivity (Wildman–Crippen MR) is 70.9 cm³/mol. The van der Waals surface area contributed by atoms with Gasteiger partial charge in [-0.2, -0.15) is 0 Å². The zero-order valence-electron chi connectivity index (χ0n) is 10.6. The van der Waals surface area contributed by atoms with Gasteiger partial charge in [0.15, 0.2) is 6.61 Å². The van der Waals surface area contributed by atoms with Crippen LogP contribution in [0.1, 0.15) is 16.1 Å². The van der Waals surface area contributed by atoms with Crippen molar-refractivity contribution in [2.24, 2.45) is 5.73 Å². The highest BCUT2D eigenvalue weighted by Crippen LogP contribution is 2.12. The molecule has 0 saturated carbocycles. The maximum Gasteiger partial charge on any atom is 0.255 e. The van der Waals surface area contributed by atoms with Crippen LogP contribution in [0.15, 0.2) is 36.8 Å². The van der Waals surface area contributed by atoms with Crippen molar-refractivity contribution < 1.29 is 14.3 Å². The van der Waals surface area contributed by atoms with Crippen molar-refractivity contribution in [1.82, 2.24) is 15.3 Å². The normalized spacial score (nSPS) is 10.0. The van der Waals surface area contributed by atoms with E-state index in [0.717, 1.165) is 5.69 Å². The molecule has 0 aliphatic carbocycles. The molecule has 0 saturated heterocycles. The van der Waals surface area contributed by atoms with Crippen LogP contribution >= 0.6 is 0 Å². The summed E-state index contributed by atoms with van der Waals surface area (Å²) in [7, 11) is 0. The number of imidazole rings is 1. The molecule has 1 aromatic carbocycles. The third-order valence-electron chi connectivity index (χ3n) is 2.49. The molecular formula is C13H14N4O3. The third-order valence-corrected chi connectivity index (χ3v) is 2.49. The van der Waals surface area contributed by atoms with Crippen molar-refractivity contribution in [3.8, 4) is 5.75 Å². The minimum Gasteiger partial charge on any atom is -0.484 e. The Labute approximate surface area is 115 Å². The number of hydrogen-bond acceptors (Lipinski definition) is 4. The van der Waals surface area contributed by atoms with Crippen LogP contribution in [0.3, 0.4) is 0 Å². The van der Waals surface area contributed by atoms with Crippen molar-refractivity contribution in [3.63, 3.8) is 0 Å². The molecule has 0 spiro atoms. The van der Waals surface area contributed by atoms with E-state index in [9.17, 15) is 9.59 Å². The summed E-state index contributed by atoms with van der Waals surface area (Å²) in [5, 5.41) is 2.75. The Morgan fingerprint density at radius 1 is 1.30 bits per heavy atom. The van der Waals surface area contributed by atoms with Gasteiger partial charge in [0, 0.05) is 11.8 Å². The van der Waals surface area contributed by atoms with Crippen LogP contribution in [0.4, 0.5) is 0 Å². The molecule has 0 aliphatic rings. The fraction of sp³-hybridized carbons (Fsp3) is 0.154. The van der Waals surface area contributed by atoms with E-state index in [1.54, 1.807) is 36.8 Å². The smallest absolute Gasteiger partial charge is 0.255 e. The van der Waals surface area contributed by atoms with Gasteiger partial charge in [0.25, 0.3) is 11.8 Å². The van der Waals surface area contributed by atoms with E-state index in [4.69, 9.17) is 10.5 Å². The number of nitrogens with one attached hydrogen (secondary N) is 2. The van der Waals surface area contributed by atoms with Gasteiger partial charge in [-0.25, -0.2) is 4.98 Å². The monoisotopic (exact) mass is 274 g/mol. The quantitative estimate of drug-likeness (QED) is 0.699. The van der Waals surface area contributed by atoms with Gasteiger partial charge in [-0.05, 0) is 24.3 Å². The van der Waals surface area contributed by atoms with E-state index in [-0.39, 0.29) is 12.5 Å². The van der Waals surface area contributed by atoms with Crippen LogP contribution in [0.2, 0.25) is 0 Å². The van der Waals surface area contributed by atoms with E-state index < -0.39 is 5.91 Å². The average molecular weight is 274 g/mol. The Morgan fingerprint density at radius 2 is 2.05 bits per heavy atom. The Morgan fingerprint density at radius 3 is 2.65 bits per heavy atom. The first-order chi connectivity index (χ1) is 9.65. The summed E-state index contributed by atoms with van der Waals surface area (Å²) in [5.74, 6) is -0.277. The summed E-state index contributed by atoms with van der Waals surface area (Å²) < 4.78 is 5.10. The molecule has 0 fully saturated rings. The molecule has 4 N–H and O–H groups in total. The van der Waals surface area contributed by atoms with Crippen molar-refractivity contribution in [2.45, 2.75) is 6.54 Å². The van der Waals surface area contributed by atoms with Crippen molar-refractivity contribution in [2.75, 3.05) is 6.61 Å². The summed E-state index contributed by atoms with van der Waals surface area (Å²) >= 11 is 0. The molecule has 2 aromatic rings. The molecule has 7 nitrogen and oxygen atoms in total. The van der Waals surface area contributed by atoms with Crippen LogP contribution in [-0.2, 0) is 11.3 Å². The second-order valence-corrected chi connectivity index (χ2v) is 4.04. The number of primary amides is 1. The molecule has 2 amide bonds. The standard InChI is InChI=1S/C13H14N4O3/c14-12(18)7-20-11-3-1-9(2-4-11)13(19)16-6-10-5-15-8-17-10/h1-5,8H,6-7H2,(H2,14,18)(H,15,17)(H,16,19). The summed E-state index contributed by atoms with van der Waals surface area (Å²) in [6.45, 7) is 0.185. The van der Waals surface area contributed by atoms with Crippen LogP contribution in [0, 0.1) is 0 Å². The lowest BCUT2D eigenvalue weighted by molar-refractivity contribution is -0.119. The predicted octanol–water partition coefficient (Wildman–Crippen LogP) is 0.204. The van der Waals surface area contributed by atoms with Crippen LogP contribution < -0.4 is 15.8 Å². The molecule has 2 rings (SSSR count). The highest BCUT2D eigenvalue weighted by atomic mass is 16.5. The molecule has 0 radical (unpaired) electrons. The topological polar surface area (TPSA) is 110 Å². The number of H-pyrrole nitrogens is 1. The number of ether oxygens (including phenoxy) is 1. The number of carbonyl (C=O) groups is 2. The maximum absolute atomic E-state index is 11.9. The Balaban J connectivity index is 1.88. The number of amides is 2. The van der Waals surface area contributed by atoms with Crippen LogP contribution in [0.5, 0.6) is 5.75 Å². The van der Waals surface area contributed by atoms with Crippen LogP contribution in [0.25, 0.3) is 0 Å². The van der Waals surface area contributed by atoms with Gasteiger partial charge < -0.3 is 20.8 Å². The number of nitrogens with two attached hydrogens (primary N) is 1. The van der Waals surface area contributed by atoms with Gasteiger partial charge in [-0.15, -0.1) is 0 Å². The zero-order valence-corrected chi connectivity index (χ0v) is 10.6. The summed E-state index contributed by atoms with van der Waals surface area (Å²) in [6.07, 6.45) is 3.19.